The second kappa shape index (κ2) is 10.7. The fourth-order valence-electron chi connectivity index (χ4n) is 3.15. The zero-order chi connectivity index (χ0) is 20.5. The summed E-state index contributed by atoms with van der Waals surface area (Å²) in [4.78, 5) is 4.43. The van der Waals surface area contributed by atoms with E-state index in [1.807, 2.05) is 30.3 Å². The van der Waals surface area contributed by atoms with Crippen molar-refractivity contribution in [3.63, 3.8) is 0 Å². The third-order valence-electron chi connectivity index (χ3n) is 4.73. The SMILES string of the molecule is COc1ccc(NC(N)=NCc2cccc(COC3CCOCC3)c2)cc1OC. The van der Waals surface area contributed by atoms with E-state index in [-0.39, 0.29) is 6.10 Å². The summed E-state index contributed by atoms with van der Waals surface area (Å²) >= 11 is 0. The Morgan fingerprint density at radius 1 is 1.07 bits per heavy atom. The van der Waals surface area contributed by atoms with Crippen molar-refractivity contribution < 1.29 is 18.9 Å². The molecule has 0 amide bonds. The summed E-state index contributed by atoms with van der Waals surface area (Å²) in [7, 11) is 3.20. The minimum atomic E-state index is 0.284. The van der Waals surface area contributed by atoms with Crippen molar-refractivity contribution in [3.8, 4) is 11.5 Å². The van der Waals surface area contributed by atoms with Gasteiger partial charge in [0.25, 0.3) is 0 Å². The Bertz CT molecular complexity index is 819. The van der Waals surface area contributed by atoms with Crippen molar-refractivity contribution in [2.24, 2.45) is 10.7 Å². The second-order valence-electron chi connectivity index (χ2n) is 6.84. The van der Waals surface area contributed by atoms with E-state index in [1.54, 1.807) is 14.2 Å². The average molecular weight is 399 g/mol. The normalized spacial score (nSPS) is 15.2. The van der Waals surface area contributed by atoms with Crippen LogP contribution in [0.5, 0.6) is 11.5 Å². The van der Waals surface area contributed by atoms with Crippen LogP contribution in [-0.2, 0) is 22.6 Å². The van der Waals surface area contributed by atoms with E-state index in [2.05, 4.69) is 22.4 Å². The van der Waals surface area contributed by atoms with Gasteiger partial charge in [-0.1, -0.05) is 24.3 Å². The van der Waals surface area contributed by atoms with E-state index in [4.69, 9.17) is 24.7 Å². The van der Waals surface area contributed by atoms with Gasteiger partial charge < -0.3 is 30.0 Å². The predicted octanol–water partition coefficient (Wildman–Crippen LogP) is 3.33. The lowest BCUT2D eigenvalue weighted by Crippen LogP contribution is -2.23. The topological polar surface area (TPSA) is 87.3 Å². The van der Waals surface area contributed by atoms with E-state index >= 15 is 0 Å². The van der Waals surface area contributed by atoms with Gasteiger partial charge in [-0.05, 0) is 36.1 Å². The van der Waals surface area contributed by atoms with Crippen LogP contribution in [0.1, 0.15) is 24.0 Å². The Balaban J connectivity index is 1.54. The highest BCUT2D eigenvalue weighted by Gasteiger charge is 2.14. The number of ether oxygens (including phenoxy) is 4. The predicted molar refractivity (Wildman–Crippen MR) is 114 cm³/mol. The Kier molecular flexibility index (Phi) is 7.72. The van der Waals surface area contributed by atoms with Crippen LogP contribution in [0.2, 0.25) is 0 Å². The third kappa shape index (κ3) is 6.37. The number of methoxy groups -OCH3 is 2. The molecule has 1 aliphatic rings. The zero-order valence-corrected chi connectivity index (χ0v) is 17.0. The molecule has 1 fully saturated rings. The molecule has 0 saturated carbocycles. The van der Waals surface area contributed by atoms with E-state index in [9.17, 15) is 0 Å². The Hall–Kier alpha value is -2.77. The van der Waals surface area contributed by atoms with E-state index in [0.717, 1.165) is 42.9 Å². The number of hydrogen-bond donors (Lipinski definition) is 2. The minimum absolute atomic E-state index is 0.284. The van der Waals surface area contributed by atoms with Crippen molar-refractivity contribution in [2.45, 2.75) is 32.1 Å². The van der Waals surface area contributed by atoms with Crippen molar-refractivity contribution in [1.82, 2.24) is 0 Å². The monoisotopic (exact) mass is 399 g/mol. The number of aliphatic imine (C=N–C) groups is 1. The van der Waals surface area contributed by atoms with Gasteiger partial charge in [0.2, 0.25) is 0 Å². The number of benzene rings is 2. The first-order valence-corrected chi connectivity index (χ1v) is 9.74. The summed E-state index contributed by atoms with van der Waals surface area (Å²) < 4.78 is 21.9. The lowest BCUT2D eigenvalue weighted by Gasteiger charge is -2.22. The van der Waals surface area contributed by atoms with Crippen LogP contribution in [0.3, 0.4) is 0 Å². The van der Waals surface area contributed by atoms with Crippen LogP contribution in [-0.4, -0.2) is 39.5 Å². The van der Waals surface area contributed by atoms with Gasteiger partial charge in [0, 0.05) is 25.0 Å². The summed E-state index contributed by atoms with van der Waals surface area (Å²) in [5, 5.41) is 3.08. The van der Waals surface area contributed by atoms with Gasteiger partial charge in [0.1, 0.15) is 0 Å². The molecule has 29 heavy (non-hydrogen) atoms. The molecule has 0 radical (unpaired) electrons. The second-order valence-corrected chi connectivity index (χ2v) is 6.84. The molecule has 3 rings (SSSR count). The van der Waals surface area contributed by atoms with Crippen LogP contribution < -0.4 is 20.5 Å². The standard InChI is InChI=1S/C22H29N3O4/c1-26-20-7-6-18(13-21(20)27-2)25-22(23)24-14-16-4-3-5-17(12-16)15-29-19-8-10-28-11-9-19/h3-7,12-13,19H,8-11,14-15H2,1-2H3,(H3,23,24,25). The van der Waals surface area contributed by atoms with Gasteiger partial charge in [0.05, 0.1) is 33.5 Å². The molecule has 1 aliphatic heterocycles. The van der Waals surface area contributed by atoms with Gasteiger partial charge in [-0.25, -0.2) is 4.99 Å². The molecule has 1 heterocycles. The molecule has 0 aromatic heterocycles. The number of hydrogen-bond acceptors (Lipinski definition) is 5. The Morgan fingerprint density at radius 3 is 2.59 bits per heavy atom. The minimum Gasteiger partial charge on any atom is -0.493 e. The van der Waals surface area contributed by atoms with Crippen LogP contribution in [0.25, 0.3) is 0 Å². The summed E-state index contributed by atoms with van der Waals surface area (Å²) in [6.45, 7) is 2.65. The maximum atomic E-state index is 6.04. The quantitative estimate of drug-likeness (QED) is 0.523. The first-order chi connectivity index (χ1) is 14.2. The molecule has 2 aromatic carbocycles. The molecule has 0 aliphatic carbocycles. The maximum Gasteiger partial charge on any atom is 0.193 e. The first kappa shape index (κ1) is 21.0. The van der Waals surface area contributed by atoms with Gasteiger partial charge in [-0.3, -0.25) is 0 Å². The molecule has 156 valence electrons. The van der Waals surface area contributed by atoms with E-state index < -0.39 is 0 Å². The largest absolute Gasteiger partial charge is 0.493 e. The molecule has 0 bridgehead atoms. The smallest absolute Gasteiger partial charge is 0.193 e. The van der Waals surface area contributed by atoms with Gasteiger partial charge >= 0.3 is 0 Å². The molecule has 3 N–H and O–H groups in total. The van der Waals surface area contributed by atoms with Crippen LogP contribution in [0.15, 0.2) is 47.5 Å². The van der Waals surface area contributed by atoms with Crippen molar-refractivity contribution in [2.75, 3.05) is 32.8 Å². The van der Waals surface area contributed by atoms with E-state index in [0.29, 0.717) is 30.6 Å². The molecular weight excluding hydrogens is 370 g/mol. The van der Waals surface area contributed by atoms with Crippen molar-refractivity contribution in [1.29, 1.82) is 0 Å². The lowest BCUT2D eigenvalue weighted by atomic mass is 10.1. The van der Waals surface area contributed by atoms with Crippen molar-refractivity contribution in [3.05, 3.63) is 53.6 Å². The lowest BCUT2D eigenvalue weighted by molar-refractivity contribution is -0.0390. The number of rotatable bonds is 8. The maximum absolute atomic E-state index is 6.04. The number of nitrogens with two attached hydrogens (primary N) is 1. The molecule has 2 aromatic rings. The fourth-order valence-corrected chi connectivity index (χ4v) is 3.15. The Labute approximate surface area is 171 Å². The Morgan fingerprint density at radius 2 is 1.83 bits per heavy atom. The molecule has 7 heteroatoms. The first-order valence-electron chi connectivity index (χ1n) is 9.74. The van der Waals surface area contributed by atoms with Crippen molar-refractivity contribution >= 4 is 11.6 Å². The number of nitrogens with zero attached hydrogens (tertiary/aromatic N) is 1. The average Bonchev–Trinajstić information content (AvgIpc) is 2.77. The summed E-state index contributed by atoms with van der Waals surface area (Å²) in [6, 6.07) is 13.7. The van der Waals surface area contributed by atoms with E-state index in [1.165, 1.54) is 0 Å². The summed E-state index contributed by atoms with van der Waals surface area (Å²) in [5.41, 5.74) is 9.03. The number of guanidine groups is 1. The molecule has 0 atom stereocenters. The molecule has 7 nitrogen and oxygen atoms in total. The summed E-state index contributed by atoms with van der Waals surface area (Å²) in [5.74, 6) is 1.62. The van der Waals surface area contributed by atoms with Crippen LogP contribution in [0.4, 0.5) is 5.69 Å². The van der Waals surface area contributed by atoms with Crippen LogP contribution >= 0.6 is 0 Å². The molecule has 0 spiro atoms. The third-order valence-corrected chi connectivity index (χ3v) is 4.73. The van der Waals surface area contributed by atoms with Crippen LogP contribution in [0, 0.1) is 0 Å². The number of nitrogens with one attached hydrogen (secondary N) is 1. The highest BCUT2D eigenvalue weighted by molar-refractivity contribution is 5.92. The van der Waals surface area contributed by atoms with Gasteiger partial charge in [-0.15, -0.1) is 0 Å². The zero-order valence-electron chi connectivity index (χ0n) is 17.0. The van der Waals surface area contributed by atoms with Gasteiger partial charge in [-0.2, -0.15) is 0 Å². The fraction of sp³-hybridized carbons (Fsp3) is 0.409. The highest BCUT2D eigenvalue weighted by atomic mass is 16.5. The number of anilines is 1. The molecule has 0 unspecified atom stereocenters. The highest BCUT2D eigenvalue weighted by Crippen LogP contribution is 2.29. The molecule has 1 saturated heterocycles. The van der Waals surface area contributed by atoms with Gasteiger partial charge in [0.15, 0.2) is 17.5 Å². The molecular formula is C22H29N3O4. The summed E-state index contributed by atoms with van der Waals surface area (Å²) in [6.07, 6.45) is 2.21.